The molecule has 1 aromatic carbocycles. The molecular formula is C15H21ClN2O3. The van der Waals surface area contributed by atoms with Crippen molar-refractivity contribution in [3.8, 4) is 0 Å². The number of nitrogens with zero attached hydrogens (tertiary/aromatic N) is 1. The second-order valence-corrected chi connectivity index (χ2v) is 5.82. The largest absolute Gasteiger partial charge is 0.481 e. The number of nitrogens with one attached hydrogen (secondary N) is 1. The van der Waals surface area contributed by atoms with Crippen LogP contribution >= 0.6 is 11.6 Å². The van der Waals surface area contributed by atoms with Gasteiger partial charge in [-0.05, 0) is 23.6 Å². The van der Waals surface area contributed by atoms with E-state index in [9.17, 15) is 9.59 Å². The van der Waals surface area contributed by atoms with Gasteiger partial charge in [0.15, 0.2) is 0 Å². The summed E-state index contributed by atoms with van der Waals surface area (Å²) in [6.07, 6.45) is -0.0889. The Kier molecular flexibility index (Phi) is 6.49. The zero-order chi connectivity index (χ0) is 16.0. The van der Waals surface area contributed by atoms with Gasteiger partial charge in [-0.25, -0.2) is 4.79 Å². The van der Waals surface area contributed by atoms with Crippen molar-refractivity contribution in [2.45, 2.75) is 32.9 Å². The highest BCUT2D eigenvalue weighted by atomic mass is 35.5. The molecule has 2 amide bonds. The van der Waals surface area contributed by atoms with Crippen LogP contribution < -0.4 is 5.32 Å². The number of carboxylic acid groups (broad SMARTS) is 1. The molecule has 0 aliphatic heterocycles. The third-order valence-corrected chi connectivity index (χ3v) is 3.40. The molecule has 0 heterocycles. The molecule has 0 saturated heterocycles. The van der Waals surface area contributed by atoms with E-state index in [0.717, 1.165) is 5.56 Å². The summed E-state index contributed by atoms with van der Waals surface area (Å²) in [6, 6.07) is 6.58. The Bertz CT molecular complexity index is 505. The molecule has 1 atom stereocenters. The van der Waals surface area contributed by atoms with Crippen molar-refractivity contribution in [2.24, 2.45) is 5.92 Å². The van der Waals surface area contributed by atoms with E-state index in [0.29, 0.717) is 11.6 Å². The number of carbonyl (C=O) groups is 2. The minimum absolute atomic E-state index is 0.0459. The number of halogens is 1. The minimum Gasteiger partial charge on any atom is -0.481 e. The molecule has 0 fully saturated rings. The molecule has 6 heteroatoms. The second-order valence-electron chi connectivity index (χ2n) is 5.38. The molecule has 5 nitrogen and oxygen atoms in total. The lowest BCUT2D eigenvalue weighted by Gasteiger charge is -2.25. The lowest BCUT2D eigenvalue weighted by atomic mass is 10.0. The van der Waals surface area contributed by atoms with Crippen LogP contribution in [-0.2, 0) is 11.3 Å². The first-order valence-corrected chi connectivity index (χ1v) is 7.15. The zero-order valence-corrected chi connectivity index (χ0v) is 13.2. The van der Waals surface area contributed by atoms with Gasteiger partial charge in [-0.1, -0.05) is 37.6 Å². The fraction of sp³-hybridized carbons (Fsp3) is 0.467. The summed E-state index contributed by atoms with van der Waals surface area (Å²) in [6.45, 7) is 4.17. The fourth-order valence-electron chi connectivity index (χ4n) is 1.89. The molecular weight excluding hydrogens is 292 g/mol. The van der Waals surface area contributed by atoms with Crippen LogP contribution in [0.3, 0.4) is 0 Å². The molecule has 0 bridgehead atoms. The molecule has 116 valence electrons. The zero-order valence-electron chi connectivity index (χ0n) is 12.5. The van der Waals surface area contributed by atoms with Gasteiger partial charge in [-0.3, -0.25) is 4.79 Å². The summed E-state index contributed by atoms with van der Waals surface area (Å²) < 4.78 is 0. The Hall–Kier alpha value is -1.75. The van der Waals surface area contributed by atoms with Gasteiger partial charge < -0.3 is 15.3 Å². The van der Waals surface area contributed by atoms with E-state index in [1.807, 2.05) is 26.0 Å². The van der Waals surface area contributed by atoms with Crippen molar-refractivity contribution >= 4 is 23.6 Å². The number of hydrogen-bond acceptors (Lipinski definition) is 2. The standard InChI is InChI=1S/C15H21ClN2O3/c1-10(2)13(8-14(19)20)17-15(21)18(3)9-11-5-4-6-12(16)7-11/h4-7,10,13H,8-9H2,1-3H3,(H,17,21)(H,19,20). The highest BCUT2D eigenvalue weighted by Crippen LogP contribution is 2.13. The van der Waals surface area contributed by atoms with E-state index in [1.54, 1.807) is 19.2 Å². The van der Waals surface area contributed by atoms with Gasteiger partial charge in [0.05, 0.1) is 6.42 Å². The Balaban J connectivity index is 2.62. The Morgan fingerprint density at radius 1 is 1.38 bits per heavy atom. The predicted molar refractivity (Wildman–Crippen MR) is 82.3 cm³/mol. The summed E-state index contributed by atoms with van der Waals surface area (Å²) in [4.78, 5) is 24.4. The number of carbonyl (C=O) groups excluding carboxylic acids is 1. The first kappa shape index (κ1) is 17.3. The number of hydrogen-bond donors (Lipinski definition) is 2. The molecule has 0 radical (unpaired) electrons. The maximum absolute atomic E-state index is 12.1. The van der Waals surface area contributed by atoms with Gasteiger partial charge in [-0.2, -0.15) is 0 Å². The Morgan fingerprint density at radius 3 is 2.57 bits per heavy atom. The van der Waals surface area contributed by atoms with Gasteiger partial charge in [0.25, 0.3) is 0 Å². The first-order chi connectivity index (χ1) is 9.79. The number of rotatable bonds is 6. The maximum atomic E-state index is 12.1. The third kappa shape index (κ3) is 6.04. The van der Waals surface area contributed by atoms with E-state index in [1.165, 1.54) is 4.90 Å². The quantitative estimate of drug-likeness (QED) is 0.848. The van der Waals surface area contributed by atoms with Crippen molar-refractivity contribution in [1.29, 1.82) is 0 Å². The number of carboxylic acids is 1. The van der Waals surface area contributed by atoms with Gasteiger partial charge in [-0.15, -0.1) is 0 Å². The predicted octanol–water partition coefficient (Wildman–Crippen LogP) is 2.98. The van der Waals surface area contributed by atoms with Crippen molar-refractivity contribution < 1.29 is 14.7 Å². The van der Waals surface area contributed by atoms with Gasteiger partial charge in [0.1, 0.15) is 0 Å². The molecule has 1 unspecified atom stereocenters. The van der Waals surface area contributed by atoms with Crippen molar-refractivity contribution in [1.82, 2.24) is 10.2 Å². The minimum atomic E-state index is -0.925. The molecule has 21 heavy (non-hydrogen) atoms. The van der Waals surface area contributed by atoms with Crippen molar-refractivity contribution in [3.63, 3.8) is 0 Å². The monoisotopic (exact) mass is 312 g/mol. The Morgan fingerprint density at radius 2 is 2.05 bits per heavy atom. The van der Waals surface area contributed by atoms with Crippen molar-refractivity contribution in [2.75, 3.05) is 7.05 Å². The number of urea groups is 1. The van der Waals surface area contributed by atoms with E-state index in [2.05, 4.69) is 5.32 Å². The van der Waals surface area contributed by atoms with Crippen LogP contribution in [0, 0.1) is 5.92 Å². The molecule has 0 aromatic heterocycles. The van der Waals surface area contributed by atoms with E-state index >= 15 is 0 Å². The van der Waals surface area contributed by atoms with Crippen LogP contribution in [-0.4, -0.2) is 35.1 Å². The molecule has 0 aliphatic rings. The average Bonchev–Trinajstić information content (AvgIpc) is 2.37. The number of aliphatic carboxylic acids is 1. The molecule has 0 aliphatic carbocycles. The highest BCUT2D eigenvalue weighted by Gasteiger charge is 2.21. The van der Waals surface area contributed by atoms with E-state index in [4.69, 9.17) is 16.7 Å². The fourth-order valence-corrected chi connectivity index (χ4v) is 2.10. The topological polar surface area (TPSA) is 69.6 Å². The van der Waals surface area contributed by atoms with Crippen LogP contribution in [0.15, 0.2) is 24.3 Å². The summed E-state index contributed by atoms with van der Waals surface area (Å²) in [5.74, 6) is -0.879. The van der Waals surface area contributed by atoms with Crippen LogP contribution in [0.5, 0.6) is 0 Å². The smallest absolute Gasteiger partial charge is 0.317 e. The van der Waals surface area contributed by atoms with E-state index < -0.39 is 12.0 Å². The SMILES string of the molecule is CC(C)C(CC(=O)O)NC(=O)N(C)Cc1cccc(Cl)c1. The third-order valence-electron chi connectivity index (χ3n) is 3.16. The Labute approximate surface area is 129 Å². The van der Waals surface area contributed by atoms with Gasteiger partial charge >= 0.3 is 12.0 Å². The van der Waals surface area contributed by atoms with Crippen molar-refractivity contribution in [3.05, 3.63) is 34.9 Å². The normalized spacial score (nSPS) is 12.0. The summed E-state index contributed by atoms with van der Waals surface area (Å²) >= 11 is 5.91. The molecule has 0 saturated carbocycles. The lowest BCUT2D eigenvalue weighted by molar-refractivity contribution is -0.137. The lowest BCUT2D eigenvalue weighted by Crippen LogP contribution is -2.45. The van der Waals surface area contributed by atoms with Crippen LogP contribution in [0.4, 0.5) is 4.79 Å². The highest BCUT2D eigenvalue weighted by molar-refractivity contribution is 6.30. The maximum Gasteiger partial charge on any atom is 0.317 e. The van der Waals surface area contributed by atoms with Crippen LogP contribution in [0.1, 0.15) is 25.8 Å². The van der Waals surface area contributed by atoms with Crippen LogP contribution in [0.2, 0.25) is 5.02 Å². The average molecular weight is 313 g/mol. The molecule has 1 aromatic rings. The molecule has 1 rings (SSSR count). The van der Waals surface area contributed by atoms with Crippen LogP contribution in [0.25, 0.3) is 0 Å². The molecule has 0 spiro atoms. The first-order valence-electron chi connectivity index (χ1n) is 6.77. The second kappa shape index (κ2) is 7.88. The summed E-state index contributed by atoms with van der Waals surface area (Å²) in [5, 5.41) is 12.2. The van der Waals surface area contributed by atoms with E-state index in [-0.39, 0.29) is 18.4 Å². The number of amides is 2. The summed E-state index contributed by atoms with van der Waals surface area (Å²) in [5.41, 5.74) is 0.916. The van der Waals surface area contributed by atoms with Gasteiger partial charge in [0.2, 0.25) is 0 Å². The number of benzene rings is 1. The van der Waals surface area contributed by atoms with Gasteiger partial charge in [0, 0.05) is 24.7 Å². The summed E-state index contributed by atoms with van der Waals surface area (Å²) in [7, 11) is 1.66. The molecule has 2 N–H and O–H groups in total.